The fraction of sp³-hybridized carbons (Fsp3) is 0.120. The van der Waals surface area contributed by atoms with Crippen molar-refractivity contribution in [2.24, 2.45) is 0 Å². The Labute approximate surface area is 204 Å². The highest BCUT2D eigenvalue weighted by Crippen LogP contribution is 2.35. The quantitative estimate of drug-likeness (QED) is 0.127. The first-order valence-corrected chi connectivity index (χ1v) is 12.1. The normalized spacial score (nSPS) is 11.3. The van der Waals surface area contributed by atoms with E-state index in [1.54, 1.807) is 19.4 Å². The van der Waals surface area contributed by atoms with Crippen LogP contribution in [0, 0.1) is 5.82 Å². The summed E-state index contributed by atoms with van der Waals surface area (Å²) in [5.41, 5.74) is 5.46. The van der Waals surface area contributed by atoms with Crippen LogP contribution in [0.5, 0.6) is 0 Å². The van der Waals surface area contributed by atoms with Crippen molar-refractivity contribution in [2.75, 3.05) is 18.5 Å². The van der Waals surface area contributed by atoms with Gasteiger partial charge < -0.3 is 13.0 Å². The minimum Gasteiger partial charge on any atom is -0.464 e. The molecule has 0 saturated carbocycles. The van der Waals surface area contributed by atoms with Crippen LogP contribution in [0.15, 0.2) is 87.1 Å². The first kappa shape index (κ1) is 22.5. The maximum atomic E-state index is 13.4. The molecule has 0 unspecified atom stereocenters. The van der Waals surface area contributed by atoms with E-state index in [-0.39, 0.29) is 5.82 Å². The molecule has 3 aromatic carbocycles. The fourth-order valence-electron chi connectivity index (χ4n) is 3.55. The third-order valence-corrected chi connectivity index (χ3v) is 6.68. The van der Waals surface area contributed by atoms with Gasteiger partial charge in [-0.25, -0.2) is 4.39 Å². The van der Waals surface area contributed by atoms with Crippen LogP contribution in [0.2, 0.25) is 0 Å². The van der Waals surface area contributed by atoms with Crippen molar-refractivity contribution < 1.29 is 17.4 Å². The highest BCUT2D eigenvalue weighted by atomic mass is 32.2. The lowest BCUT2D eigenvalue weighted by Gasteiger charge is -2.15. The number of aromatic nitrogens is 2. The topological polar surface area (TPSA) is 64.5 Å². The van der Waals surface area contributed by atoms with Crippen LogP contribution in [0.25, 0.3) is 33.6 Å². The molecule has 0 saturated heterocycles. The van der Waals surface area contributed by atoms with E-state index in [1.165, 1.54) is 36.1 Å². The van der Waals surface area contributed by atoms with Crippen molar-refractivity contribution in [1.29, 1.82) is 0 Å². The van der Waals surface area contributed by atoms with Crippen molar-refractivity contribution in [2.45, 2.75) is 11.0 Å². The minimum atomic E-state index is -0.260. The number of benzene rings is 3. The minimum absolute atomic E-state index is 0.260. The van der Waals surface area contributed by atoms with Gasteiger partial charge in [-0.05, 0) is 53.6 Å². The molecule has 0 aliphatic heterocycles. The summed E-state index contributed by atoms with van der Waals surface area (Å²) in [4.78, 5) is 0. The lowest BCUT2D eigenvalue weighted by atomic mass is 10.0. The molecule has 0 fully saturated rings. The van der Waals surface area contributed by atoms with E-state index in [1.807, 2.05) is 59.9 Å². The van der Waals surface area contributed by atoms with Crippen LogP contribution < -0.4 is 4.31 Å². The Morgan fingerprint density at radius 1 is 1.00 bits per heavy atom. The molecule has 2 heterocycles. The molecule has 34 heavy (non-hydrogen) atoms. The van der Waals surface area contributed by atoms with Crippen molar-refractivity contribution in [3.8, 4) is 22.6 Å². The van der Waals surface area contributed by atoms with E-state index in [9.17, 15) is 4.39 Å². The first-order chi connectivity index (χ1) is 16.6. The van der Waals surface area contributed by atoms with E-state index in [0.29, 0.717) is 16.9 Å². The fourth-order valence-corrected chi connectivity index (χ4v) is 4.69. The molecule has 0 atom stereocenters. The molecular weight excluding hydrogens is 473 g/mol. The van der Waals surface area contributed by atoms with E-state index in [2.05, 4.69) is 10.2 Å². The van der Waals surface area contributed by atoms with Crippen molar-refractivity contribution >= 4 is 40.6 Å². The van der Waals surface area contributed by atoms with Crippen LogP contribution in [0.1, 0.15) is 5.56 Å². The van der Waals surface area contributed by atoms with Crippen LogP contribution in [0.3, 0.4) is 0 Å². The van der Waals surface area contributed by atoms with Gasteiger partial charge in [0.25, 0.3) is 5.22 Å². The molecule has 2 aromatic heterocycles. The molecule has 0 N–H and O–H groups in total. The summed E-state index contributed by atoms with van der Waals surface area (Å²) in [7, 11) is 3.58. The van der Waals surface area contributed by atoms with Gasteiger partial charge in [0, 0.05) is 35.0 Å². The molecule has 5 rings (SSSR count). The van der Waals surface area contributed by atoms with Crippen molar-refractivity contribution in [3.63, 3.8) is 0 Å². The molecule has 9 heteroatoms. The number of rotatable bonds is 8. The van der Waals surface area contributed by atoms with Gasteiger partial charge in [-0.15, -0.1) is 10.2 Å². The molecular formula is C25H20FN3O3S2. The van der Waals surface area contributed by atoms with E-state index in [0.717, 1.165) is 38.9 Å². The number of fused-ring (bicyclic) bond motifs is 1. The van der Waals surface area contributed by atoms with Gasteiger partial charge in [-0.2, -0.15) is 0 Å². The Morgan fingerprint density at radius 3 is 2.62 bits per heavy atom. The summed E-state index contributed by atoms with van der Waals surface area (Å²) in [6, 6.07) is 20.4. The molecule has 0 aliphatic carbocycles. The largest absolute Gasteiger partial charge is 0.464 e. The van der Waals surface area contributed by atoms with Gasteiger partial charge in [-0.1, -0.05) is 36.0 Å². The monoisotopic (exact) mass is 493 g/mol. The molecule has 0 bridgehead atoms. The predicted octanol–water partition coefficient (Wildman–Crippen LogP) is 7.23. The van der Waals surface area contributed by atoms with E-state index >= 15 is 0 Å². The van der Waals surface area contributed by atoms with Crippen LogP contribution >= 0.6 is 24.0 Å². The predicted molar refractivity (Wildman–Crippen MR) is 134 cm³/mol. The van der Waals surface area contributed by atoms with Gasteiger partial charge in [-0.3, -0.25) is 4.31 Å². The molecule has 5 aromatic rings. The zero-order valence-electron chi connectivity index (χ0n) is 18.4. The Morgan fingerprint density at radius 2 is 1.82 bits per heavy atom. The van der Waals surface area contributed by atoms with Gasteiger partial charge in [0.05, 0.1) is 13.4 Å². The molecule has 0 amide bonds. The molecule has 0 spiro atoms. The van der Waals surface area contributed by atoms with Gasteiger partial charge in [0.2, 0.25) is 5.89 Å². The second-order valence-electron chi connectivity index (χ2n) is 7.44. The highest BCUT2D eigenvalue weighted by Gasteiger charge is 2.14. The third-order valence-electron chi connectivity index (χ3n) is 5.21. The van der Waals surface area contributed by atoms with Crippen molar-refractivity contribution in [1.82, 2.24) is 10.2 Å². The van der Waals surface area contributed by atoms with Gasteiger partial charge in [0.15, 0.2) is 0 Å². The standard InChI is InChI=1S/C25H20FN3O3S2/c1-29(34-30-2)20-9-6-17(7-10-20)22-14-31-23-11-8-18(13-21(22)23)24-27-28-25(32-24)33-15-16-4-3-5-19(26)12-16/h3-14H,15H2,1-2H3. The third kappa shape index (κ3) is 4.82. The summed E-state index contributed by atoms with van der Waals surface area (Å²) in [6.07, 6.45) is 1.76. The summed E-state index contributed by atoms with van der Waals surface area (Å²) in [5.74, 6) is 0.701. The lowest BCUT2D eigenvalue weighted by molar-refractivity contribution is 0.466. The number of nitrogens with zero attached hydrogens (tertiary/aromatic N) is 3. The Bertz CT molecular complexity index is 1420. The Balaban J connectivity index is 1.37. The molecule has 6 nitrogen and oxygen atoms in total. The molecule has 0 radical (unpaired) electrons. The van der Waals surface area contributed by atoms with Gasteiger partial charge in [0.1, 0.15) is 23.6 Å². The smallest absolute Gasteiger partial charge is 0.277 e. The maximum Gasteiger partial charge on any atom is 0.277 e. The van der Waals surface area contributed by atoms with Crippen LogP contribution in [-0.4, -0.2) is 24.4 Å². The maximum absolute atomic E-state index is 13.4. The van der Waals surface area contributed by atoms with Crippen LogP contribution in [0.4, 0.5) is 10.1 Å². The second-order valence-corrected chi connectivity index (χ2v) is 9.39. The zero-order chi connectivity index (χ0) is 23.5. The average Bonchev–Trinajstić information content (AvgIpc) is 3.50. The lowest BCUT2D eigenvalue weighted by Crippen LogP contribution is -2.05. The number of halogens is 1. The zero-order valence-corrected chi connectivity index (χ0v) is 20.0. The number of furan rings is 1. The number of thioether (sulfide) groups is 1. The van der Waals surface area contributed by atoms with E-state index < -0.39 is 0 Å². The van der Waals surface area contributed by atoms with Gasteiger partial charge >= 0.3 is 0 Å². The first-order valence-electron chi connectivity index (χ1n) is 10.4. The number of hydrogen-bond donors (Lipinski definition) is 0. The molecule has 172 valence electrons. The Kier molecular flexibility index (Phi) is 6.57. The number of anilines is 1. The second kappa shape index (κ2) is 9.92. The number of hydrogen-bond acceptors (Lipinski definition) is 8. The highest BCUT2D eigenvalue weighted by molar-refractivity contribution is 7.98. The summed E-state index contributed by atoms with van der Waals surface area (Å²) < 4.78 is 32.1. The average molecular weight is 494 g/mol. The molecule has 0 aliphatic rings. The summed E-state index contributed by atoms with van der Waals surface area (Å²) in [5, 5.41) is 9.71. The van der Waals surface area contributed by atoms with E-state index in [4.69, 9.17) is 13.0 Å². The summed E-state index contributed by atoms with van der Waals surface area (Å²) in [6.45, 7) is 0. The SMILES string of the molecule is COSN(C)c1ccc(-c2coc3ccc(-c4nnc(SCc5cccc(F)c5)o4)cc23)cc1. The van der Waals surface area contributed by atoms with Crippen LogP contribution in [-0.2, 0) is 9.94 Å². The van der Waals surface area contributed by atoms with Crippen molar-refractivity contribution in [3.05, 3.63) is 84.4 Å². The summed E-state index contributed by atoms with van der Waals surface area (Å²) >= 11 is 2.64. The Hall–Kier alpha value is -3.27.